The molecule has 1 aliphatic rings. The smallest absolute Gasteiger partial charge is 0.118 e. The van der Waals surface area contributed by atoms with Crippen LogP contribution in [0.15, 0.2) is 0 Å². The van der Waals surface area contributed by atoms with E-state index >= 15 is 0 Å². The first kappa shape index (κ1) is 11.0. The van der Waals surface area contributed by atoms with E-state index in [9.17, 15) is 5.11 Å². The van der Waals surface area contributed by atoms with Crippen LogP contribution in [-0.4, -0.2) is 28.8 Å². The molecule has 0 aromatic rings. The Hall–Kier alpha value is -0.0800. The highest BCUT2D eigenvalue weighted by Crippen LogP contribution is 2.31. The van der Waals surface area contributed by atoms with Crippen LogP contribution >= 0.6 is 0 Å². The van der Waals surface area contributed by atoms with Crippen LogP contribution in [0.25, 0.3) is 0 Å². The van der Waals surface area contributed by atoms with Gasteiger partial charge in [-0.15, -0.1) is 0 Å². The summed E-state index contributed by atoms with van der Waals surface area (Å²) in [6.07, 6.45) is 4.13. The third kappa shape index (κ3) is 2.68. The van der Waals surface area contributed by atoms with Crippen LogP contribution in [0.5, 0.6) is 0 Å². The molecule has 13 heavy (non-hydrogen) atoms. The molecule has 1 unspecified atom stereocenters. The zero-order valence-electron chi connectivity index (χ0n) is 9.21. The Bertz CT molecular complexity index is 158. The van der Waals surface area contributed by atoms with Crippen LogP contribution in [0.4, 0.5) is 0 Å². The molecule has 0 spiro atoms. The maximum atomic E-state index is 10.3. The lowest BCUT2D eigenvalue weighted by molar-refractivity contribution is -0.0912. The SMILES string of the molecule is CCCC1(O)CCCN1CC(C)C. The number of hydrogen-bond donors (Lipinski definition) is 1. The molecule has 0 radical (unpaired) electrons. The summed E-state index contributed by atoms with van der Waals surface area (Å²) >= 11 is 0. The first-order valence-corrected chi connectivity index (χ1v) is 5.56. The molecular weight excluding hydrogens is 162 g/mol. The van der Waals surface area contributed by atoms with E-state index in [0.29, 0.717) is 5.92 Å². The fraction of sp³-hybridized carbons (Fsp3) is 1.00. The molecule has 0 saturated carbocycles. The second-order valence-electron chi connectivity index (χ2n) is 4.68. The van der Waals surface area contributed by atoms with Crippen LogP contribution < -0.4 is 0 Å². The van der Waals surface area contributed by atoms with Crippen LogP contribution in [0, 0.1) is 5.92 Å². The maximum absolute atomic E-state index is 10.3. The molecule has 2 nitrogen and oxygen atoms in total. The van der Waals surface area contributed by atoms with Crippen molar-refractivity contribution in [2.24, 2.45) is 5.92 Å². The number of aliphatic hydroxyl groups is 1. The summed E-state index contributed by atoms with van der Waals surface area (Å²) in [5, 5.41) is 10.3. The standard InChI is InChI=1S/C11H23NO/c1-4-6-11(13)7-5-8-12(11)9-10(2)3/h10,13H,4-9H2,1-3H3. The highest BCUT2D eigenvalue weighted by atomic mass is 16.3. The number of hydrogen-bond acceptors (Lipinski definition) is 2. The summed E-state index contributed by atoms with van der Waals surface area (Å²) in [6, 6.07) is 0. The van der Waals surface area contributed by atoms with Gasteiger partial charge in [-0.05, 0) is 25.2 Å². The van der Waals surface area contributed by atoms with E-state index in [1.165, 1.54) is 0 Å². The van der Waals surface area contributed by atoms with Crippen molar-refractivity contribution in [3.63, 3.8) is 0 Å². The summed E-state index contributed by atoms with van der Waals surface area (Å²) in [4.78, 5) is 2.27. The molecule has 1 saturated heterocycles. The van der Waals surface area contributed by atoms with Crippen molar-refractivity contribution in [3.05, 3.63) is 0 Å². The minimum absolute atomic E-state index is 0.473. The van der Waals surface area contributed by atoms with Crippen LogP contribution in [-0.2, 0) is 0 Å². The summed E-state index contributed by atoms with van der Waals surface area (Å²) < 4.78 is 0. The molecule has 78 valence electrons. The van der Waals surface area contributed by atoms with Crippen molar-refractivity contribution in [3.8, 4) is 0 Å². The first-order valence-electron chi connectivity index (χ1n) is 5.56. The molecule has 1 heterocycles. The van der Waals surface area contributed by atoms with Gasteiger partial charge < -0.3 is 5.11 Å². The summed E-state index contributed by atoms with van der Waals surface area (Å²) in [5.74, 6) is 0.654. The minimum atomic E-state index is -0.473. The quantitative estimate of drug-likeness (QED) is 0.726. The fourth-order valence-electron chi connectivity index (χ4n) is 2.30. The van der Waals surface area contributed by atoms with E-state index < -0.39 is 5.72 Å². The van der Waals surface area contributed by atoms with Gasteiger partial charge in [-0.2, -0.15) is 0 Å². The lowest BCUT2D eigenvalue weighted by Gasteiger charge is -2.34. The molecule has 0 aromatic carbocycles. The second kappa shape index (κ2) is 4.43. The van der Waals surface area contributed by atoms with Gasteiger partial charge in [0, 0.05) is 13.1 Å². The second-order valence-corrected chi connectivity index (χ2v) is 4.68. The normalized spacial score (nSPS) is 30.2. The topological polar surface area (TPSA) is 23.5 Å². The maximum Gasteiger partial charge on any atom is 0.118 e. The average Bonchev–Trinajstić information content (AvgIpc) is 2.32. The van der Waals surface area contributed by atoms with E-state index in [-0.39, 0.29) is 0 Å². The predicted octanol–water partition coefficient (Wildman–Crippen LogP) is 2.23. The molecule has 1 aliphatic heterocycles. The van der Waals surface area contributed by atoms with Gasteiger partial charge in [-0.3, -0.25) is 4.90 Å². The number of likely N-dealkylation sites (tertiary alicyclic amines) is 1. The summed E-state index contributed by atoms with van der Waals surface area (Å²) in [6.45, 7) is 8.68. The van der Waals surface area contributed by atoms with Crippen LogP contribution in [0.2, 0.25) is 0 Å². The largest absolute Gasteiger partial charge is 0.376 e. The highest BCUT2D eigenvalue weighted by molar-refractivity contribution is 4.86. The first-order chi connectivity index (χ1) is 6.08. The summed E-state index contributed by atoms with van der Waals surface area (Å²) in [5.41, 5.74) is -0.473. The van der Waals surface area contributed by atoms with Gasteiger partial charge in [0.2, 0.25) is 0 Å². The predicted molar refractivity (Wildman–Crippen MR) is 55.5 cm³/mol. The van der Waals surface area contributed by atoms with Crippen molar-refractivity contribution in [1.82, 2.24) is 4.90 Å². The van der Waals surface area contributed by atoms with Gasteiger partial charge in [0.1, 0.15) is 5.72 Å². The molecule has 1 N–H and O–H groups in total. The van der Waals surface area contributed by atoms with Gasteiger partial charge >= 0.3 is 0 Å². The van der Waals surface area contributed by atoms with E-state index in [0.717, 1.165) is 38.8 Å². The van der Waals surface area contributed by atoms with Gasteiger partial charge in [0.15, 0.2) is 0 Å². The van der Waals surface area contributed by atoms with Gasteiger partial charge in [-0.25, -0.2) is 0 Å². The number of rotatable bonds is 4. The number of nitrogens with zero attached hydrogens (tertiary/aromatic N) is 1. The summed E-state index contributed by atoms with van der Waals surface area (Å²) in [7, 11) is 0. The Kier molecular flexibility index (Phi) is 3.74. The van der Waals surface area contributed by atoms with Gasteiger partial charge in [-0.1, -0.05) is 27.2 Å². The Labute approximate surface area is 81.9 Å². The van der Waals surface area contributed by atoms with Crippen molar-refractivity contribution >= 4 is 0 Å². The van der Waals surface area contributed by atoms with E-state index in [1.807, 2.05) is 0 Å². The fourth-order valence-corrected chi connectivity index (χ4v) is 2.30. The Balaban J connectivity index is 2.51. The van der Waals surface area contributed by atoms with Gasteiger partial charge in [0.25, 0.3) is 0 Å². The molecular formula is C11H23NO. The monoisotopic (exact) mass is 185 g/mol. The molecule has 0 aromatic heterocycles. The van der Waals surface area contributed by atoms with Gasteiger partial charge in [0.05, 0.1) is 0 Å². The zero-order chi connectivity index (χ0) is 9.90. The minimum Gasteiger partial charge on any atom is -0.376 e. The molecule has 1 fully saturated rings. The van der Waals surface area contributed by atoms with E-state index in [2.05, 4.69) is 25.7 Å². The molecule has 2 heteroatoms. The van der Waals surface area contributed by atoms with Crippen molar-refractivity contribution < 1.29 is 5.11 Å². The Morgan fingerprint density at radius 3 is 2.69 bits per heavy atom. The third-order valence-electron chi connectivity index (χ3n) is 2.83. The van der Waals surface area contributed by atoms with Crippen LogP contribution in [0.1, 0.15) is 46.5 Å². The molecule has 0 bridgehead atoms. The Morgan fingerprint density at radius 2 is 2.15 bits per heavy atom. The van der Waals surface area contributed by atoms with Crippen molar-refractivity contribution in [2.45, 2.75) is 52.2 Å². The third-order valence-corrected chi connectivity index (χ3v) is 2.83. The van der Waals surface area contributed by atoms with E-state index in [4.69, 9.17) is 0 Å². The molecule has 1 atom stereocenters. The molecule has 1 rings (SSSR count). The average molecular weight is 185 g/mol. The lowest BCUT2D eigenvalue weighted by Crippen LogP contribution is -2.45. The van der Waals surface area contributed by atoms with Crippen molar-refractivity contribution in [2.75, 3.05) is 13.1 Å². The molecule has 0 amide bonds. The van der Waals surface area contributed by atoms with Crippen molar-refractivity contribution in [1.29, 1.82) is 0 Å². The van der Waals surface area contributed by atoms with Crippen LogP contribution in [0.3, 0.4) is 0 Å². The molecule has 0 aliphatic carbocycles. The van der Waals surface area contributed by atoms with E-state index in [1.54, 1.807) is 0 Å². The highest BCUT2D eigenvalue weighted by Gasteiger charge is 2.37. The lowest BCUT2D eigenvalue weighted by atomic mass is 10.0. The Morgan fingerprint density at radius 1 is 1.46 bits per heavy atom. The zero-order valence-corrected chi connectivity index (χ0v) is 9.21.